The fourth-order valence-corrected chi connectivity index (χ4v) is 14.7. The van der Waals surface area contributed by atoms with Gasteiger partial charge in [-0.25, -0.2) is 0 Å². The number of fused-ring (bicyclic) bond motifs is 6. The number of benzene rings is 10. The molecule has 12 aromatic rings. The molecule has 0 unspecified atom stereocenters. The van der Waals surface area contributed by atoms with Crippen LogP contribution in [0.2, 0.25) is 0 Å². The van der Waals surface area contributed by atoms with Gasteiger partial charge in [0.05, 0.1) is 47.7 Å². The van der Waals surface area contributed by atoms with E-state index in [1.54, 1.807) is 14.2 Å². The smallest absolute Gasteiger partial charge is 0.147 e. The molecule has 10 aromatic carbocycles. The fraction of sp³-hybridized carbons (Fsp3) is 0.354. The first-order valence-electron chi connectivity index (χ1n) is 36.4. The number of aromatic nitrogens is 2. The van der Waals surface area contributed by atoms with Crippen LogP contribution in [0.25, 0.3) is 77.2 Å². The van der Waals surface area contributed by atoms with Crippen LogP contribution in [0, 0.1) is 24.7 Å². The third-order valence-electron chi connectivity index (χ3n) is 19.6. The van der Waals surface area contributed by atoms with Crippen LogP contribution in [0.3, 0.4) is 0 Å². The Morgan fingerprint density at radius 1 is 0.301 bits per heavy atom. The Labute approximate surface area is 637 Å². The Morgan fingerprint density at radius 3 is 0.777 bits per heavy atom. The molecule has 0 fully saturated rings. The summed E-state index contributed by atoms with van der Waals surface area (Å²) in [6, 6.07) is 71.8. The number of nitrogens with zero attached hydrogens (tertiary/aromatic N) is 2. The molecule has 0 amide bonds. The number of aromatic hydroxyl groups is 2. The monoisotopic (exact) mass is 1540 g/mol. The summed E-state index contributed by atoms with van der Waals surface area (Å²) in [5.41, 5.74) is 19.0. The predicted octanol–water partition coefficient (Wildman–Crippen LogP) is 26.7. The summed E-state index contributed by atoms with van der Waals surface area (Å²) in [4.78, 5) is 0. The third-order valence-corrected chi connectivity index (χ3v) is 19.6. The van der Waals surface area contributed by atoms with Crippen molar-refractivity contribution < 1.29 is 45.5 Å². The van der Waals surface area contributed by atoms with Gasteiger partial charge in [0.15, 0.2) is 0 Å². The van der Waals surface area contributed by atoms with Gasteiger partial charge in [-0.05, 0) is 174 Å². The van der Waals surface area contributed by atoms with Crippen molar-refractivity contribution in [3.8, 4) is 56.6 Å². The molecular formula is C96H116HfN2O4-2. The van der Waals surface area contributed by atoms with Crippen LogP contribution in [0.4, 0.5) is 0 Å². The largest absolute Gasteiger partial charge is 0.505 e. The van der Waals surface area contributed by atoms with E-state index in [4.69, 9.17) is 9.47 Å². The summed E-state index contributed by atoms with van der Waals surface area (Å²) < 4.78 is 16.2. The first-order valence-corrected chi connectivity index (χ1v) is 36.4. The second-order valence-corrected chi connectivity index (χ2v) is 36.0. The molecule has 540 valence electrons. The number of methoxy groups -OCH3 is 2. The maximum Gasteiger partial charge on any atom is 0.147 e. The van der Waals surface area contributed by atoms with Crippen molar-refractivity contribution in [1.82, 2.24) is 9.13 Å². The predicted molar refractivity (Wildman–Crippen MR) is 440 cm³/mol. The number of para-hydroxylation sites is 2. The Bertz CT molecular complexity index is 4470. The standard InChI is InChI=1S/2C41H51NO2.2C7H7.Hf/c2*1-38(2,3)25-41(10,11)28-23-32(29-15-13-14-16-36(29)44-12)37(43)35(24-28)42-33-19-17-26(39(4,5)6)21-30(33)31-22-27(40(7,8)9)18-20-34(31)42;2*1-7-5-3-2-4-6-7;/h2*13-24,43H,25H2,1-12H3;2*2-6H,1H2;/q;;2*-1;. The van der Waals surface area contributed by atoms with Crippen LogP contribution >= 0.6 is 0 Å². The number of hydrogen-bond donors (Lipinski definition) is 2. The molecule has 12 rings (SSSR count). The van der Waals surface area contributed by atoms with Gasteiger partial charge >= 0.3 is 0 Å². The van der Waals surface area contributed by atoms with E-state index in [9.17, 15) is 10.2 Å². The summed E-state index contributed by atoms with van der Waals surface area (Å²) in [7, 11) is 3.38. The molecule has 7 heteroatoms. The number of ether oxygens (including phenoxy) is 2. The van der Waals surface area contributed by atoms with Crippen molar-refractivity contribution in [2.75, 3.05) is 14.2 Å². The normalized spacial score (nSPS) is 12.4. The maximum absolute atomic E-state index is 12.3. The van der Waals surface area contributed by atoms with E-state index in [-0.39, 0.29) is 80.7 Å². The summed E-state index contributed by atoms with van der Waals surface area (Å²) in [5, 5.41) is 29.4. The molecule has 0 aliphatic heterocycles. The van der Waals surface area contributed by atoms with Gasteiger partial charge < -0.3 is 28.8 Å². The van der Waals surface area contributed by atoms with Gasteiger partial charge in [-0.1, -0.05) is 225 Å². The molecule has 0 saturated carbocycles. The first-order chi connectivity index (χ1) is 47.4. The number of phenols is 2. The van der Waals surface area contributed by atoms with Gasteiger partial charge in [0.25, 0.3) is 0 Å². The Kier molecular flexibility index (Phi) is 24.0. The summed E-state index contributed by atoms with van der Waals surface area (Å²) in [6.45, 7) is 57.6. The Balaban J connectivity index is 0.000000217. The van der Waals surface area contributed by atoms with Crippen molar-refractivity contribution in [3.63, 3.8) is 0 Å². The maximum atomic E-state index is 12.3. The van der Waals surface area contributed by atoms with Gasteiger partial charge in [0.1, 0.15) is 23.0 Å². The van der Waals surface area contributed by atoms with E-state index in [2.05, 4.69) is 272 Å². The molecule has 0 bridgehead atoms. The average Bonchev–Trinajstić information content (AvgIpc) is 1.60. The van der Waals surface area contributed by atoms with E-state index in [0.717, 1.165) is 91.2 Å². The van der Waals surface area contributed by atoms with Crippen LogP contribution in [-0.4, -0.2) is 33.6 Å². The topological polar surface area (TPSA) is 68.8 Å². The van der Waals surface area contributed by atoms with Gasteiger partial charge in [-0.2, -0.15) is 49.2 Å². The molecular weight excluding hydrogens is 1420 g/mol. The molecule has 2 heterocycles. The van der Waals surface area contributed by atoms with Crippen LogP contribution in [-0.2, 0) is 58.3 Å². The molecule has 2 N–H and O–H groups in total. The van der Waals surface area contributed by atoms with E-state index in [1.165, 1.54) is 54.9 Å². The van der Waals surface area contributed by atoms with Gasteiger partial charge in [0, 0.05) is 69.6 Å². The molecule has 103 heavy (non-hydrogen) atoms. The molecule has 0 radical (unpaired) electrons. The van der Waals surface area contributed by atoms with Gasteiger partial charge in [-0.15, -0.1) is 24.3 Å². The molecule has 0 aliphatic rings. The second-order valence-electron chi connectivity index (χ2n) is 36.0. The molecule has 0 atom stereocenters. The molecule has 2 aromatic heterocycles. The van der Waals surface area contributed by atoms with Crippen molar-refractivity contribution >= 4 is 43.6 Å². The Morgan fingerprint density at radius 2 is 0.553 bits per heavy atom. The first kappa shape index (κ1) is 80.3. The van der Waals surface area contributed by atoms with E-state index in [1.807, 2.05) is 109 Å². The van der Waals surface area contributed by atoms with Gasteiger partial charge in [0.2, 0.25) is 0 Å². The number of phenolic OH excluding ortho intramolecular Hbond substituents is 2. The van der Waals surface area contributed by atoms with Crippen LogP contribution < -0.4 is 9.47 Å². The van der Waals surface area contributed by atoms with E-state index < -0.39 is 0 Å². The van der Waals surface area contributed by atoms with Gasteiger partial charge in [-0.3, -0.25) is 0 Å². The summed E-state index contributed by atoms with van der Waals surface area (Å²) in [5.74, 6) is 1.99. The zero-order chi connectivity index (χ0) is 75.0. The van der Waals surface area contributed by atoms with Crippen molar-refractivity contribution in [1.29, 1.82) is 0 Å². The van der Waals surface area contributed by atoms with Crippen molar-refractivity contribution in [2.24, 2.45) is 10.8 Å². The minimum atomic E-state index is -0.144. The summed E-state index contributed by atoms with van der Waals surface area (Å²) >= 11 is 0. The minimum absolute atomic E-state index is 0. The van der Waals surface area contributed by atoms with Crippen LogP contribution in [0.5, 0.6) is 23.0 Å². The second kappa shape index (κ2) is 30.7. The molecule has 6 nitrogen and oxygen atoms in total. The summed E-state index contributed by atoms with van der Waals surface area (Å²) in [6.07, 6.45) is 1.99. The van der Waals surface area contributed by atoms with Crippen LogP contribution in [0.15, 0.2) is 206 Å². The van der Waals surface area contributed by atoms with E-state index >= 15 is 0 Å². The van der Waals surface area contributed by atoms with Crippen molar-refractivity contribution in [3.05, 3.63) is 265 Å². The SMILES string of the molecule is COc1ccccc1-c1cc(C(C)(C)CC(C)(C)C)cc(-n2c3ccc(C(C)(C)C)cc3c3cc(C(C)(C)C)ccc32)c1O.COc1ccccc1-c1cc(C(C)(C)CC(C)(C)C)cc(-n2c3ccc(C(C)(C)C)cc3c3cc(C(C)(C)C)ccc32)c1O.[CH2-]c1ccccc1.[CH2-]c1ccccc1.[Hf]. The van der Waals surface area contributed by atoms with E-state index in [0.29, 0.717) is 0 Å². The average molecular weight is 1540 g/mol. The third kappa shape index (κ3) is 18.6. The quantitative estimate of drug-likeness (QED) is 0.106. The molecule has 0 spiro atoms. The van der Waals surface area contributed by atoms with Crippen molar-refractivity contribution in [2.45, 2.75) is 198 Å². The number of hydrogen-bond acceptors (Lipinski definition) is 4. The molecule has 0 saturated heterocycles. The zero-order valence-corrected chi connectivity index (χ0v) is 70.2. The molecule has 0 aliphatic carbocycles. The van der Waals surface area contributed by atoms with Crippen LogP contribution in [0.1, 0.15) is 210 Å². The zero-order valence-electron chi connectivity index (χ0n) is 66.6. The Hall–Kier alpha value is -8.39. The minimum Gasteiger partial charge on any atom is -0.505 e. The fourth-order valence-electron chi connectivity index (χ4n) is 14.7. The number of rotatable bonds is 10.